The fourth-order valence-corrected chi connectivity index (χ4v) is 3.20. The van der Waals surface area contributed by atoms with E-state index in [1.807, 2.05) is 26.0 Å². The quantitative estimate of drug-likeness (QED) is 0.784. The van der Waals surface area contributed by atoms with Crippen LogP contribution in [0.25, 0.3) is 0 Å². The Balaban J connectivity index is 2.25. The van der Waals surface area contributed by atoms with E-state index in [1.54, 1.807) is 11.8 Å². The van der Waals surface area contributed by atoms with Crippen LogP contribution in [0.4, 0.5) is 0 Å². The maximum atomic E-state index is 9.24. The summed E-state index contributed by atoms with van der Waals surface area (Å²) in [6.45, 7) is 5.97. The number of hydrogen-bond donors (Lipinski definition) is 0. The Kier molecular flexibility index (Phi) is 4.24. The molecule has 0 saturated heterocycles. The van der Waals surface area contributed by atoms with Gasteiger partial charge in [-0.15, -0.1) is 11.8 Å². The summed E-state index contributed by atoms with van der Waals surface area (Å²) in [6, 6.07) is 12.6. The van der Waals surface area contributed by atoms with Crippen molar-refractivity contribution < 1.29 is 0 Å². The minimum absolute atomic E-state index is 0.698. The van der Waals surface area contributed by atoms with Crippen LogP contribution in [0.2, 0.25) is 0 Å². The molecular weight excluding hydrogens is 252 g/mol. The van der Waals surface area contributed by atoms with Crippen LogP contribution in [0.1, 0.15) is 28.1 Å². The van der Waals surface area contributed by atoms with Gasteiger partial charge in [0.05, 0.1) is 11.3 Å². The van der Waals surface area contributed by atoms with Crippen LogP contribution in [0, 0.1) is 32.1 Å². The van der Waals surface area contributed by atoms with Gasteiger partial charge >= 0.3 is 0 Å². The van der Waals surface area contributed by atoms with Gasteiger partial charge < -0.3 is 0 Å². The zero-order chi connectivity index (χ0) is 13.8. The first-order chi connectivity index (χ1) is 9.11. The minimum atomic E-state index is 0.698. The Morgan fingerprint density at radius 3 is 2.63 bits per heavy atom. The highest BCUT2D eigenvalue weighted by molar-refractivity contribution is 7.98. The molecule has 1 aromatic carbocycles. The van der Waals surface area contributed by atoms with Gasteiger partial charge in [0.15, 0.2) is 0 Å². The molecule has 2 nitrogen and oxygen atoms in total. The van der Waals surface area contributed by atoms with Gasteiger partial charge in [-0.05, 0) is 38.0 Å². The third kappa shape index (κ3) is 3.15. The molecule has 1 aromatic heterocycles. The normalized spacial score (nSPS) is 10.2. The van der Waals surface area contributed by atoms with Crippen LogP contribution >= 0.6 is 11.8 Å². The monoisotopic (exact) mass is 268 g/mol. The molecule has 1 heterocycles. The fourth-order valence-electron chi connectivity index (χ4n) is 1.97. The van der Waals surface area contributed by atoms with Crippen molar-refractivity contribution in [3.05, 3.63) is 58.4 Å². The number of benzene rings is 1. The first-order valence-electron chi connectivity index (χ1n) is 6.17. The highest BCUT2D eigenvalue weighted by atomic mass is 32.2. The molecule has 2 aromatic rings. The van der Waals surface area contributed by atoms with Crippen molar-refractivity contribution in [2.75, 3.05) is 0 Å². The lowest BCUT2D eigenvalue weighted by atomic mass is 10.1. The summed E-state index contributed by atoms with van der Waals surface area (Å²) >= 11 is 1.70. The van der Waals surface area contributed by atoms with Crippen LogP contribution in [0.5, 0.6) is 0 Å². The maximum absolute atomic E-state index is 9.24. The summed E-state index contributed by atoms with van der Waals surface area (Å²) in [5.74, 6) is 0.879. The molecule has 0 spiro atoms. The fraction of sp³-hybridized carbons (Fsp3) is 0.250. The van der Waals surface area contributed by atoms with Gasteiger partial charge in [-0.25, -0.2) is 0 Å². The maximum Gasteiger partial charge on any atom is 0.102 e. The number of pyridine rings is 1. The highest BCUT2D eigenvalue weighted by Crippen LogP contribution is 2.28. The van der Waals surface area contributed by atoms with E-state index < -0.39 is 0 Å². The van der Waals surface area contributed by atoms with Gasteiger partial charge in [0.25, 0.3) is 0 Å². The van der Waals surface area contributed by atoms with E-state index in [-0.39, 0.29) is 0 Å². The topological polar surface area (TPSA) is 36.7 Å². The molecule has 19 heavy (non-hydrogen) atoms. The lowest BCUT2D eigenvalue weighted by Crippen LogP contribution is -1.95. The molecule has 0 unspecified atom stereocenters. The minimum Gasteiger partial charge on any atom is -0.257 e. The smallest absolute Gasteiger partial charge is 0.102 e. The van der Waals surface area contributed by atoms with E-state index in [9.17, 15) is 5.26 Å². The van der Waals surface area contributed by atoms with Gasteiger partial charge in [-0.1, -0.05) is 24.3 Å². The number of nitrogens with zero attached hydrogens (tertiary/aromatic N) is 2. The molecule has 0 aliphatic heterocycles. The Bertz CT molecular complexity index is 642. The van der Waals surface area contributed by atoms with E-state index >= 15 is 0 Å². The van der Waals surface area contributed by atoms with Crippen molar-refractivity contribution >= 4 is 11.8 Å². The van der Waals surface area contributed by atoms with Crippen molar-refractivity contribution in [1.82, 2.24) is 4.98 Å². The lowest BCUT2D eigenvalue weighted by molar-refractivity contribution is 1.07. The van der Waals surface area contributed by atoms with Crippen LogP contribution in [0.3, 0.4) is 0 Å². The molecule has 0 aliphatic carbocycles. The van der Waals surface area contributed by atoms with Crippen molar-refractivity contribution in [2.45, 2.75) is 31.4 Å². The second kappa shape index (κ2) is 5.90. The SMILES string of the molecule is Cc1cc(SCc2ccccc2C)c(C#N)c(C)n1. The van der Waals surface area contributed by atoms with E-state index in [1.165, 1.54) is 11.1 Å². The summed E-state index contributed by atoms with van der Waals surface area (Å²) in [4.78, 5) is 5.37. The molecule has 0 amide bonds. The lowest BCUT2D eigenvalue weighted by Gasteiger charge is -2.09. The van der Waals surface area contributed by atoms with Gasteiger partial charge in [-0.2, -0.15) is 5.26 Å². The molecule has 0 atom stereocenters. The number of aromatic nitrogens is 1. The predicted molar refractivity (Wildman–Crippen MR) is 79.2 cm³/mol. The van der Waals surface area contributed by atoms with Crippen LogP contribution in [-0.4, -0.2) is 4.98 Å². The second-order valence-corrected chi connectivity index (χ2v) is 5.57. The van der Waals surface area contributed by atoms with Crippen LogP contribution < -0.4 is 0 Å². The number of thioether (sulfide) groups is 1. The Hall–Kier alpha value is -1.79. The number of rotatable bonds is 3. The molecule has 0 radical (unpaired) electrons. The van der Waals surface area contributed by atoms with Crippen molar-refractivity contribution in [3.63, 3.8) is 0 Å². The molecule has 0 saturated carbocycles. The van der Waals surface area contributed by atoms with Crippen molar-refractivity contribution in [3.8, 4) is 6.07 Å². The molecule has 0 N–H and O–H groups in total. The molecule has 2 rings (SSSR count). The Labute approximate surface area is 118 Å². The summed E-state index contributed by atoms with van der Waals surface area (Å²) in [7, 11) is 0. The Morgan fingerprint density at radius 2 is 1.95 bits per heavy atom. The van der Waals surface area contributed by atoms with Crippen LogP contribution in [0.15, 0.2) is 35.2 Å². The number of aryl methyl sites for hydroxylation is 3. The van der Waals surface area contributed by atoms with E-state index in [4.69, 9.17) is 0 Å². The first-order valence-corrected chi connectivity index (χ1v) is 7.16. The Morgan fingerprint density at radius 1 is 1.21 bits per heavy atom. The van der Waals surface area contributed by atoms with Crippen molar-refractivity contribution in [2.24, 2.45) is 0 Å². The van der Waals surface area contributed by atoms with Gasteiger partial charge in [-0.3, -0.25) is 4.98 Å². The molecule has 0 fully saturated rings. The third-order valence-electron chi connectivity index (χ3n) is 3.05. The standard InChI is InChI=1S/C16H16N2S/c1-11-6-4-5-7-14(11)10-19-16-8-12(2)18-13(3)15(16)9-17/h4-8H,10H2,1-3H3. The molecular formula is C16H16N2S. The van der Waals surface area contributed by atoms with E-state index in [0.717, 1.165) is 22.0 Å². The number of hydrogen-bond acceptors (Lipinski definition) is 3. The zero-order valence-electron chi connectivity index (χ0n) is 11.4. The van der Waals surface area contributed by atoms with Gasteiger partial charge in [0, 0.05) is 16.3 Å². The second-order valence-electron chi connectivity index (χ2n) is 4.55. The van der Waals surface area contributed by atoms with Crippen LogP contribution in [-0.2, 0) is 5.75 Å². The first kappa shape index (κ1) is 13.6. The average Bonchev–Trinajstić information content (AvgIpc) is 2.37. The summed E-state index contributed by atoms with van der Waals surface area (Å²) in [5.41, 5.74) is 5.07. The van der Waals surface area contributed by atoms with Crippen molar-refractivity contribution in [1.29, 1.82) is 5.26 Å². The van der Waals surface area contributed by atoms with Gasteiger partial charge in [0.2, 0.25) is 0 Å². The highest BCUT2D eigenvalue weighted by Gasteiger charge is 2.09. The summed E-state index contributed by atoms with van der Waals surface area (Å²) < 4.78 is 0. The molecule has 0 bridgehead atoms. The van der Waals surface area contributed by atoms with Gasteiger partial charge in [0.1, 0.15) is 6.07 Å². The average molecular weight is 268 g/mol. The predicted octanol–water partition coefficient (Wildman–Crippen LogP) is 4.17. The third-order valence-corrected chi connectivity index (χ3v) is 4.14. The zero-order valence-corrected chi connectivity index (χ0v) is 12.2. The summed E-state index contributed by atoms with van der Waals surface area (Å²) in [5, 5.41) is 9.24. The van der Waals surface area contributed by atoms with E-state index in [2.05, 4.69) is 36.2 Å². The number of nitriles is 1. The van der Waals surface area contributed by atoms with E-state index in [0.29, 0.717) is 5.56 Å². The summed E-state index contributed by atoms with van der Waals surface area (Å²) in [6.07, 6.45) is 0. The largest absolute Gasteiger partial charge is 0.257 e. The molecule has 0 aliphatic rings. The molecule has 3 heteroatoms. The molecule has 96 valence electrons.